The van der Waals surface area contributed by atoms with Crippen molar-refractivity contribution in [1.29, 1.82) is 0 Å². The van der Waals surface area contributed by atoms with Crippen LogP contribution in [0.5, 0.6) is 0 Å². The van der Waals surface area contributed by atoms with Gasteiger partial charge in [-0.1, -0.05) is 57.5 Å². The van der Waals surface area contributed by atoms with E-state index in [-0.39, 0.29) is 11.7 Å². The summed E-state index contributed by atoms with van der Waals surface area (Å²) in [4.78, 5) is 24.8. The van der Waals surface area contributed by atoms with E-state index in [0.29, 0.717) is 19.4 Å². The number of amides is 1. The van der Waals surface area contributed by atoms with Crippen molar-refractivity contribution in [2.45, 2.75) is 58.9 Å². The van der Waals surface area contributed by atoms with E-state index in [1.807, 2.05) is 51.1 Å². The third-order valence-electron chi connectivity index (χ3n) is 3.78. The Morgan fingerprint density at radius 1 is 1.09 bits per heavy atom. The lowest BCUT2D eigenvalue weighted by molar-refractivity contribution is -0.132. The minimum absolute atomic E-state index is 0.0550. The summed E-state index contributed by atoms with van der Waals surface area (Å²) in [6.07, 6.45) is 3.67. The van der Waals surface area contributed by atoms with E-state index in [2.05, 4.69) is 5.32 Å². The molecule has 0 aliphatic heterocycles. The van der Waals surface area contributed by atoms with Gasteiger partial charge in [0.1, 0.15) is 0 Å². The molecule has 0 heterocycles. The van der Waals surface area contributed by atoms with Gasteiger partial charge < -0.3 is 11.1 Å². The number of carbonyl (C=O) groups excluding carboxylic acids is 2. The lowest BCUT2D eigenvalue weighted by Crippen LogP contribution is -2.46. The number of carbonyl (C=O) groups is 2. The van der Waals surface area contributed by atoms with Gasteiger partial charge in [-0.25, -0.2) is 0 Å². The fourth-order valence-corrected chi connectivity index (χ4v) is 2.45. The fraction of sp³-hybridized carbons (Fsp3) is 0.579. The highest BCUT2D eigenvalue weighted by atomic mass is 16.2. The van der Waals surface area contributed by atoms with Crippen molar-refractivity contribution in [3.8, 4) is 0 Å². The zero-order valence-electron chi connectivity index (χ0n) is 14.6. The van der Waals surface area contributed by atoms with Gasteiger partial charge in [-0.15, -0.1) is 0 Å². The van der Waals surface area contributed by atoms with Crippen molar-refractivity contribution in [3.63, 3.8) is 0 Å². The van der Waals surface area contributed by atoms with Crippen molar-refractivity contribution in [2.24, 2.45) is 11.1 Å². The SMILES string of the molecule is CC(C)(C)C(=O)[C@@H](Cc1ccccc1)NC(=O)CCCCCN. The van der Waals surface area contributed by atoms with E-state index in [1.165, 1.54) is 0 Å². The van der Waals surface area contributed by atoms with Gasteiger partial charge in [-0.3, -0.25) is 9.59 Å². The Morgan fingerprint density at radius 2 is 1.74 bits per heavy atom. The first kappa shape index (κ1) is 19.4. The normalized spacial score (nSPS) is 12.7. The quantitative estimate of drug-likeness (QED) is 0.688. The molecule has 0 aromatic heterocycles. The number of nitrogens with two attached hydrogens (primary N) is 1. The molecular weight excluding hydrogens is 288 g/mol. The topological polar surface area (TPSA) is 72.2 Å². The van der Waals surface area contributed by atoms with E-state index >= 15 is 0 Å². The lowest BCUT2D eigenvalue weighted by Gasteiger charge is -2.25. The summed E-state index contributed by atoms with van der Waals surface area (Å²) in [5.41, 5.74) is 6.03. The van der Waals surface area contributed by atoms with Gasteiger partial charge in [0.05, 0.1) is 6.04 Å². The molecule has 23 heavy (non-hydrogen) atoms. The molecule has 0 radical (unpaired) electrons. The zero-order valence-corrected chi connectivity index (χ0v) is 14.6. The van der Waals surface area contributed by atoms with Crippen molar-refractivity contribution < 1.29 is 9.59 Å². The predicted octanol–water partition coefficient (Wildman–Crippen LogP) is 2.85. The molecule has 1 amide bonds. The molecule has 1 rings (SSSR count). The van der Waals surface area contributed by atoms with E-state index in [0.717, 1.165) is 24.8 Å². The summed E-state index contributed by atoms with van der Waals surface area (Å²) < 4.78 is 0. The van der Waals surface area contributed by atoms with Crippen LogP contribution >= 0.6 is 0 Å². The molecule has 0 fully saturated rings. The van der Waals surface area contributed by atoms with E-state index in [1.54, 1.807) is 0 Å². The van der Waals surface area contributed by atoms with Gasteiger partial charge in [0, 0.05) is 11.8 Å². The van der Waals surface area contributed by atoms with Crippen molar-refractivity contribution in [2.75, 3.05) is 6.54 Å². The Labute approximate surface area is 139 Å². The van der Waals surface area contributed by atoms with E-state index < -0.39 is 11.5 Å². The summed E-state index contributed by atoms with van der Waals surface area (Å²) in [7, 11) is 0. The largest absolute Gasteiger partial charge is 0.346 e. The van der Waals surface area contributed by atoms with E-state index in [4.69, 9.17) is 5.73 Å². The van der Waals surface area contributed by atoms with Crippen LogP contribution in [0, 0.1) is 5.41 Å². The zero-order chi connectivity index (χ0) is 17.3. The molecule has 0 saturated heterocycles. The van der Waals surface area contributed by atoms with Gasteiger partial charge in [-0.05, 0) is 31.4 Å². The summed E-state index contributed by atoms with van der Waals surface area (Å²) in [6, 6.07) is 9.33. The van der Waals surface area contributed by atoms with Gasteiger partial charge in [-0.2, -0.15) is 0 Å². The molecule has 0 bridgehead atoms. The number of rotatable bonds is 9. The Bertz CT molecular complexity index is 492. The molecule has 0 aliphatic rings. The highest BCUT2D eigenvalue weighted by Gasteiger charge is 2.30. The van der Waals surface area contributed by atoms with Crippen LogP contribution in [0.1, 0.15) is 52.0 Å². The highest BCUT2D eigenvalue weighted by molar-refractivity contribution is 5.92. The Kier molecular flexibility index (Phi) is 7.96. The average Bonchev–Trinajstić information content (AvgIpc) is 2.50. The summed E-state index contributed by atoms with van der Waals surface area (Å²) >= 11 is 0. The molecular formula is C19H30N2O2. The van der Waals surface area contributed by atoms with Crippen molar-refractivity contribution in [1.82, 2.24) is 5.32 Å². The second-order valence-corrected chi connectivity index (χ2v) is 7.02. The first-order valence-corrected chi connectivity index (χ1v) is 8.42. The number of hydrogen-bond donors (Lipinski definition) is 2. The summed E-state index contributed by atoms with van der Waals surface area (Å²) in [5.74, 6) is 0.0113. The first-order valence-electron chi connectivity index (χ1n) is 8.42. The third-order valence-corrected chi connectivity index (χ3v) is 3.78. The molecule has 4 heteroatoms. The summed E-state index contributed by atoms with van der Waals surface area (Å²) in [6.45, 7) is 6.32. The summed E-state index contributed by atoms with van der Waals surface area (Å²) in [5, 5.41) is 2.93. The van der Waals surface area contributed by atoms with E-state index in [9.17, 15) is 9.59 Å². The molecule has 128 valence electrons. The van der Waals surface area contributed by atoms with Crippen LogP contribution < -0.4 is 11.1 Å². The van der Waals surface area contributed by atoms with Crippen molar-refractivity contribution >= 4 is 11.7 Å². The number of benzene rings is 1. The number of Topliss-reactive ketones (excluding diaryl/α,β-unsaturated/α-hetero) is 1. The van der Waals surface area contributed by atoms with Crippen LogP contribution in [0.25, 0.3) is 0 Å². The number of ketones is 1. The molecule has 1 aromatic rings. The van der Waals surface area contributed by atoms with Gasteiger partial charge in [0.2, 0.25) is 5.91 Å². The monoisotopic (exact) mass is 318 g/mol. The smallest absolute Gasteiger partial charge is 0.220 e. The molecule has 4 nitrogen and oxygen atoms in total. The standard InChI is InChI=1S/C19H30N2O2/c1-19(2,3)18(23)16(14-15-10-6-4-7-11-15)21-17(22)12-8-5-9-13-20/h4,6-7,10-11,16H,5,8-9,12-14,20H2,1-3H3,(H,21,22)/t16-/m1/s1. The molecule has 1 atom stereocenters. The maximum Gasteiger partial charge on any atom is 0.220 e. The maximum atomic E-state index is 12.6. The van der Waals surface area contributed by atoms with Crippen LogP contribution in [0.2, 0.25) is 0 Å². The first-order chi connectivity index (χ1) is 10.8. The maximum absolute atomic E-state index is 12.6. The number of hydrogen-bond acceptors (Lipinski definition) is 3. The van der Waals surface area contributed by atoms with Crippen LogP contribution in [0.4, 0.5) is 0 Å². The fourth-order valence-electron chi connectivity index (χ4n) is 2.45. The molecule has 0 spiro atoms. The van der Waals surface area contributed by atoms with Crippen LogP contribution in [-0.2, 0) is 16.0 Å². The second-order valence-electron chi connectivity index (χ2n) is 7.02. The lowest BCUT2D eigenvalue weighted by atomic mass is 9.84. The van der Waals surface area contributed by atoms with Gasteiger partial charge in [0.15, 0.2) is 5.78 Å². The minimum atomic E-state index is -0.480. The van der Waals surface area contributed by atoms with Gasteiger partial charge in [0.25, 0.3) is 0 Å². The van der Waals surface area contributed by atoms with Crippen molar-refractivity contribution in [3.05, 3.63) is 35.9 Å². The Balaban J connectivity index is 2.68. The molecule has 0 unspecified atom stereocenters. The molecule has 3 N–H and O–H groups in total. The van der Waals surface area contributed by atoms with Crippen LogP contribution in [0.15, 0.2) is 30.3 Å². The number of nitrogens with one attached hydrogen (secondary N) is 1. The minimum Gasteiger partial charge on any atom is -0.346 e. The molecule has 0 saturated carbocycles. The Hall–Kier alpha value is -1.68. The molecule has 0 aliphatic carbocycles. The average molecular weight is 318 g/mol. The second kappa shape index (κ2) is 9.46. The van der Waals surface area contributed by atoms with Crippen LogP contribution in [-0.4, -0.2) is 24.3 Å². The van der Waals surface area contributed by atoms with Gasteiger partial charge >= 0.3 is 0 Å². The third kappa shape index (κ3) is 7.42. The number of unbranched alkanes of at least 4 members (excludes halogenated alkanes) is 2. The molecule has 1 aromatic carbocycles. The Morgan fingerprint density at radius 3 is 2.30 bits per heavy atom. The van der Waals surface area contributed by atoms with Crippen LogP contribution in [0.3, 0.4) is 0 Å². The highest BCUT2D eigenvalue weighted by Crippen LogP contribution is 2.19. The predicted molar refractivity (Wildman–Crippen MR) is 94.1 cm³/mol.